The van der Waals surface area contributed by atoms with Gasteiger partial charge in [0.2, 0.25) is 11.9 Å². The van der Waals surface area contributed by atoms with Gasteiger partial charge in [-0.1, -0.05) is 12.1 Å². The maximum absolute atomic E-state index is 13.2. The van der Waals surface area contributed by atoms with Crippen molar-refractivity contribution in [1.82, 2.24) is 19.8 Å². The number of thiophene rings is 1. The zero-order chi connectivity index (χ0) is 22.9. The fourth-order valence-corrected chi connectivity index (χ4v) is 5.65. The van der Waals surface area contributed by atoms with Crippen molar-refractivity contribution in [2.45, 2.75) is 32.4 Å². The zero-order valence-corrected chi connectivity index (χ0v) is 19.8. The molecule has 0 unspecified atom stereocenters. The summed E-state index contributed by atoms with van der Waals surface area (Å²) >= 11 is 1.76. The van der Waals surface area contributed by atoms with Gasteiger partial charge in [-0.25, -0.2) is 14.4 Å². The summed E-state index contributed by atoms with van der Waals surface area (Å²) in [5.74, 6) is 0.272. The third-order valence-corrected chi connectivity index (χ3v) is 7.59. The van der Waals surface area contributed by atoms with Crippen LogP contribution in [0.15, 0.2) is 48.1 Å². The zero-order valence-electron chi connectivity index (χ0n) is 18.9. The molecule has 172 valence electrons. The van der Waals surface area contributed by atoms with Crippen LogP contribution in [-0.4, -0.2) is 70.5 Å². The van der Waals surface area contributed by atoms with Crippen LogP contribution in [0.3, 0.4) is 0 Å². The Morgan fingerprint density at radius 2 is 1.91 bits per heavy atom. The van der Waals surface area contributed by atoms with Crippen molar-refractivity contribution in [2.75, 3.05) is 37.6 Å². The Morgan fingerprint density at radius 3 is 2.61 bits per heavy atom. The topological polar surface area (TPSA) is 52.6 Å². The molecule has 3 aromatic rings. The smallest absolute Gasteiger partial charge is 0.237 e. The predicted molar refractivity (Wildman–Crippen MR) is 131 cm³/mol. The van der Waals surface area contributed by atoms with Crippen LogP contribution in [0.2, 0.25) is 0 Å². The molecular weight excluding hydrogens is 437 g/mol. The van der Waals surface area contributed by atoms with Crippen LogP contribution in [0, 0.1) is 5.82 Å². The van der Waals surface area contributed by atoms with Crippen molar-refractivity contribution < 1.29 is 9.18 Å². The first-order chi connectivity index (χ1) is 16.0. The van der Waals surface area contributed by atoms with Gasteiger partial charge in [0.15, 0.2) is 5.82 Å². The van der Waals surface area contributed by atoms with Crippen LogP contribution in [0.5, 0.6) is 0 Å². The molecule has 2 atom stereocenters. The molecule has 2 aromatic heterocycles. The minimum absolute atomic E-state index is 0.166. The van der Waals surface area contributed by atoms with E-state index in [0.717, 1.165) is 13.0 Å². The van der Waals surface area contributed by atoms with Gasteiger partial charge in [0.1, 0.15) is 0 Å². The van der Waals surface area contributed by atoms with Gasteiger partial charge in [0, 0.05) is 43.0 Å². The number of piperazine rings is 1. The summed E-state index contributed by atoms with van der Waals surface area (Å²) in [4.78, 5) is 27.6. The predicted octanol–water partition coefficient (Wildman–Crippen LogP) is 4.05. The van der Waals surface area contributed by atoms with E-state index in [4.69, 9.17) is 0 Å². The van der Waals surface area contributed by atoms with E-state index in [9.17, 15) is 9.18 Å². The van der Waals surface area contributed by atoms with Gasteiger partial charge in [-0.05, 0) is 60.4 Å². The quantitative estimate of drug-likeness (QED) is 0.582. The van der Waals surface area contributed by atoms with E-state index in [2.05, 4.69) is 69.3 Å². The molecule has 2 aliphatic rings. The van der Waals surface area contributed by atoms with Crippen molar-refractivity contribution in [3.05, 3.63) is 59.5 Å². The van der Waals surface area contributed by atoms with E-state index < -0.39 is 5.82 Å². The summed E-state index contributed by atoms with van der Waals surface area (Å²) in [6.07, 6.45) is 5.47. The van der Waals surface area contributed by atoms with E-state index in [1.165, 1.54) is 33.6 Å². The van der Waals surface area contributed by atoms with Crippen LogP contribution < -0.4 is 4.90 Å². The first-order valence-corrected chi connectivity index (χ1v) is 12.3. The number of hydrogen-bond acceptors (Lipinski definition) is 6. The number of hydrogen-bond donors (Lipinski definition) is 0. The minimum atomic E-state index is -0.435. The van der Waals surface area contributed by atoms with Crippen molar-refractivity contribution in [3.8, 4) is 0 Å². The molecule has 8 heteroatoms. The molecule has 2 aliphatic heterocycles. The highest BCUT2D eigenvalue weighted by Crippen LogP contribution is 2.28. The van der Waals surface area contributed by atoms with E-state index in [0.29, 0.717) is 32.1 Å². The van der Waals surface area contributed by atoms with Crippen LogP contribution in [0.1, 0.15) is 25.8 Å². The average molecular weight is 466 g/mol. The number of nitrogens with zero attached hydrogens (tertiary/aromatic N) is 5. The van der Waals surface area contributed by atoms with Gasteiger partial charge in [0.25, 0.3) is 0 Å². The molecule has 0 saturated carbocycles. The van der Waals surface area contributed by atoms with Crippen molar-refractivity contribution in [2.24, 2.45) is 0 Å². The summed E-state index contributed by atoms with van der Waals surface area (Å²) in [5, 5.41) is 3.41. The Bertz CT molecular complexity index is 1170. The average Bonchev–Trinajstić information content (AvgIpc) is 3.30. The third kappa shape index (κ3) is 4.63. The monoisotopic (exact) mass is 465 g/mol. The van der Waals surface area contributed by atoms with E-state index in [-0.39, 0.29) is 18.0 Å². The molecule has 0 spiro atoms. The van der Waals surface area contributed by atoms with Gasteiger partial charge in [0.05, 0.1) is 18.9 Å². The van der Waals surface area contributed by atoms with Crippen molar-refractivity contribution >= 4 is 38.9 Å². The molecule has 1 amide bonds. The summed E-state index contributed by atoms with van der Waals surface area (Å²) in [6, 6.07) is 9.12. The third-order valence-electron chi connectivity index (χ3n) is 6.69. The number of amides is 1. The molecule has 6 nitrogen and oxygen atoms in total. The summed E-state index contributed by atoms with van der Waals surface area (Å²) < 4.78 is 14.5. The Balaban J connectivity index is 1.19. The molecule has 0 N–H and O–H groups in total. The van der Waals surface area contributed by atoms with Gasteiger partial charge in [-0.2, -0.15) is 0 Å². The summed E-state index contributed by atoms with van der Waals surface area (Å²) in [6.45, 7) is 7.46. The Morgan fingerprint density at radius 1 is 1.15 bits per heavy atom. The first kappa shape index (κ1) is 22.0. The molecule has 33 heavy (non-hydrogen) atoms. The number of fused-ring (bicyclic) bond motifs is 1. The number of rotatable bonds is 4. The van der Waals surface area contributed by atoms with Gasteiger partial charge >= 0.3 is 0 Å². The molecule has 1 saturated heterocycles. The largest absolute Gasteiger partial charge is 0.338 e. The summed E-state index contributed by atoms with van der Waals surface area (Å²) in [7, 11) is 0. The van der Waals surface area contributed by atoms with Gasteiger partial charge < -0.3 is 9.80 Å². The highest BCUT2D eigenvalue weighted by atomic mass is 32.1. The normalized spacial score (nSPS) is 22.0. The van der Waals surface area contributed by atoms with Crippen LogP contribution in [0.4, 0.5) is 10.3 Å². The SMILES string of the molecule is C[C@@H]1CN(c2ncc(F)cn2)C[C@H](C)N1CC(=O)N1CC=C(c2ccc3sccc3c2)CC1. The van der Waals surface area contributed by atoms with E-state index in [1.54, 1.807) is 11.3 Å². The van der Waals surface area contributed by atoms with Crippen LogP contribution >= 0.6 is 11.3 Å². The molecule has 4 heterocycles. The maximum Gasteiger partial charge on any atom is 0.237 e. The lowest BCUT2D eigenvalue weighted by Crippen LogP contribution is -2.59. The standard InChI is InChI=1S/C25H28FN5OS/c1-17-14-30(25-27-12-22(26)13-28-25)15-18(2)31(17)16-24(32)29-8-5-19(6-9-29)20-3-4-23-21(11-20)7-10-33-23/h3-5,7,10-13,17-18H,6,8-9,14-16H2,1-2H3/t17-,18+. The lowest BCUT2D eigenvalue weighted by Gasteiger charge is -2.44. The number of anilines is 1. The summed E-state index contributed by atoms with van der Waals surface area (Å²) in [5.41, 5.74) is 2.58. The molecule has 1 aromatic carbocycles. The first-order valence-electron chi connectivity index (χ1n) is 11.4. The molecule has 0 aliphatic carbocycles. The molecule has 0 radical (unpaired) electrons. The van der Waals surface area contributed by atoms with Gasteiger partial charge in [-0.3, -0.25) is 9.69 Å². The fraction of sp³-hybridized carbons (Fsp3) is 0.400. The van der Waals surface area contributed by atoms with E-state index >= 15 is 0 Å². The van der Waals surface area contributed by atoms with Crippen LogP contribution in [-0.2, 0) is 4.79 Å². The number of benzene rings is 1. The van der Waals surface area contributed by atoms with Crippen molar-refractivity contribution in [1.29, 1.82) is 0 Å². The maximum atomic E-state index is 13.2. The highest BCUT2D eigenvalue weighted by Gasteiger charge is 2.33. The van der Waals surface area contributed by atoms with Crippen molar-refractivity contribution in [3.63, 3.8) is 0 Å². The Kier molecular flexibility index (Phi) is 6.12. The molecular formula is C25H28FN5OS. The van der Waals surface area contributed by atoms with Crippen LogP contribution in [0.25, 0.3) is 15.7 Å². The second kappa shape index (κ2) is 9.19. The minimum Gasteiger partial charge on any atom is -0.338 e. The number of carbonyl (C=O) groups is 1. The highest BCUT2D eigenvalue weighted by molar-refractivity contribution is 7.17. The lowest BCUT2D eigenvalue weighted by molar-refractivity contribution is -0.133. The number of aromatic nitrogens is 2. The molecule has 0 bridgehead atoms. The second-order valence-electron chi connectivity index (χ2n) is 8.97. The number of carbonyl (C=O) groups excluding carboxylic acids is 1. The Hall–Kier alpha value is -2.84. The molecule has 5 rings (SSSR count). The number of halogens is 1. The fourth-order valence-electron chi connectivity index (χ4n) is 4.88. The molecule has 1 fully saturated rings. The second-order valence-corrected chi connectivity index (χ2v) is 9.92. The lowest BCUT2D eigenvalue weighted by atomic mass is 9.98. The Labute approximate surface area is 197 Å². The van der Waals surface area contributed by atoms with Gasteiger partial charge in [-0.15, -0.1) is 11.3 Å². The van der Waals surface area contributed by atoms with E-state index in [1.807, 2.05) is 4.90 Å².